The molecule has 0 aromatic heterocycles. The molecule has 2 fully saturated rings. The Hall–Kier alpha value is -1.92. The van der Waals surface area contributed by atoms with E-state index in [4.69, 9.17) is 9.47 Å². The maximum Gasteiger partial charge on any atom is 0.313 e. The molecule has 1 aliphatic heterocycles. The van der Waals surface area contributed by atoms with Gasteiger partial charge in [-0.2, -0.15) is 0 Å². The molecule has 1 heterocycles. The van der Waals surface area contributed by atoms with E-state index in [1.54, 1.807) is 6.07 Å². The maximum absolute atomic E-state index is 11.9. The molecule has 6 heteroatoms. The van der Waals surface area contributed by atoms with Crippen molar-refractivity contribution in [3.63, 3.8) is 0 Å². The van der Waals surface area contributed by atoms with Crippen molar-refractivity contribution in [2.75, 3.05) is 18.5 Å². The number of rotatable bonds is 3. The summed E-state index contributed by atoms with van der Waals surface area (Å²) in [5.74, 6) is -1.79. The number of carbonyl (C=O) groups excluding carboxylic acids is 2. The van der Waals surface area contributed by atoms with Crippen molar-refractivity contribution in [3.8, 4) is 0 Å². The van der Waals surface area contributed by atoms with E-state index < -0.39 is 17.6 Å². The van der Waals surface area contributed by atoms with Crippen LogP contribution < -0.4 is 10.6 Å². The molecule has 3 rings (SSSR count). The zero-order valence-electron chi connectivity index (χ0n) is 13.3. The minimum atomic E-state index is -0.676. The predicted octanol–water partition coefficient (Wildman–Crippen LogP) is 1.74. The Labute approximate surface area is 135 Å². The molecule has 0 bridgehead atoms. The van der Waals surface area contributed by atoms with Crippen LogP contribution in [0.4, 0.5) is 5.69 Å². The topological polar surface area (TPSA) is 76.7 Å². The van der Waals surface area contributed by atoms with Crippen LogP contribution in [0.3, 0.4) is 0 Å². The molecule has 1 aromatic carbocycles. The summed E-state index contributed by atoms with van der Waals surface area (Å²) in [4.78, 5) is 23.8. The summed E-state index contributed by atoms with van der Waals surface area (Å²) in [7, 11) is 0. The zero-order chi connectivity index (χ0) is 16.3. The minimum absolute atomic E-state index is 0.191. The van der Waals surface area contributed by atoms with Gasteiger partial charge in [0.15, 0.2) is 5.79 Å². The van der Waals surface area contributed by atoms with E-state index in [1.807, 2.05) is 25.1 Å². The third-order valence-electron chi connectivity index (χ3n) is 4.25. The molecule has 1 atom stereocenters. The average Bonchev–Trinajstić information content (AvgIpc) is 3.15. The number of nitrogens with one attached hydrogen (secondary N) is 2. The summed E-state index contributed by atoms with van der Waals surface area (Å²) in [6, 6.07) is 7.30. The van der Waals surface area contributed by atoms with Gasteiger partial charge in [-0.05, 0) is 37.5 Å². The third-order valence-corrected chi connectivity index (χ3v) is 4.25. The van der Waals surface area contributed by atoms with Crippen molar-refractivity contribution in [1.82, 2.24) is 5.32 Å². The van der Waals surface area contributed by atoms with Gasteiger partial charge in [-0.3, -0.25) is 9.59 Å². The quantitative estimate of drug-likeness (QED) is 0.832. The fourth-order valence-electron chi connectivity index (χ4n) is 3.09. The zero-order valence-corrected chi connectivity index (χ0v) is 13.3. The Morgan fingerprint density at radius 1 is 1.26 bits per heavy atom. The first kappa shape index (κ1) is 16.0. The van der Waals surface area contributed by atoms with Crippen LogP contribution in [0.1, 0.15) is 31.2 Å². The Kier molecular flexibility index (Phi) is 4.63. The lowest BCUT2D eigenvalue weighted by molar-refractivity contribution is -0.161. The van der Waals surface area contributed by atoms with Crippen LogP contribution >= 0.6 is 0 Å². The molecular formula is C17H22N2O4. The summed E-state index contributed by atoms with van der Waals surface area (Å²) in [5, 5.41) is 5.19. The largest absolute Gasteiger partial charge is 0.347 e. The van der Waals surface area contributed by atoms with Crippen molar-refractivity contribution in [2.45, 2.75) is 44.5 Å². The molecule has 6 nitrogen and oxygen atoms in total. The van der Waals surface area contributed by atoms with Crippen LogP contribution in [-0.2, 0) is 19.1 Å². The molecule has 0 radical (unpaired) electrons. The molecule has 1 saturated heterocycles. The smallest absolute Gasteiger partial charge is 0.313 e. The van der Waals surface area contributed by atoms with E-state index in [2.05, 4.69) is 10.6 Å². The molecule has 23 heavy (non-hydrogen) atoms. The first-order valence-electron chi connectivity index (χ1n) is 8.04. The van der Waals surface area contributed by atoms with Crippen LogP contribution in [0.25, 0.3) is 0 Å². The van der Waals surface area contributed by atoms with Gasteiger partial charge in [-0.25, -0.2) is 0 Å². The number of ether oxygens (including phenoxy) is 2. The molecule has 0 unspecified atom stereocenters. The predicted molar refractivity (Wildman–Crippen MR) is 84.8 cm³/mol. The first-order chi connectivity index (χ1) is 11.1. The van der Waals surface area contributed by atoms with Gasteiger partial charge in [0.1, 0.15) is 6.10 Å². The number of hydrogen-bond acceptors (Lipinski definition) is 4. The van der Waals surface area contributed by atoms with Gasteiger partial charge in [0.05, 0.1) is 6.61 Å². The number of aryl methyl sites for hydroxylation is 1. The van der Waals surface area contributed by atoms with E-state index in [-0.39, 0.29) is 12.6 Å². The lowest BCUT2D eigenvalue weighted by Gasteiger charge is -2.21. The van der Waals surface area contributed by atoms with Gasteiger partial charge in [0.2, 0.25) is 0 Å². The van der Waals surface area contributed by atoms with Gasteiger partial charge >= 0.3 is 11.8 Å². The maximum atomic E-state index is 11.9. The summed E-state index contributed by atoms with van der Waals surface area (Å²) in [6.45, 7) is 2.66. The van der Waals surface area contributed by atoms with Crippen molar-refractivity contribution >= 4 is 17.5 Å². The second-order valence-corrected chi connectivity index (χ2v) is 6.20. The van der Waals surface area contributed by atoms with E-state index >= 15 is 0 Å². The van der Waals surface area contributed by atoms with Crippen molar-refractivity contribution < 1.29 is 19.1 Å². The molecule has 1 aliphatic carbocycles. The van der Waals surface area contributed by atoms with E-state index in [0.29, 0.717) is 12.3 Å². The average molecular weight is 318 g/mol. The Morgan fingerprint density at radius 3 is 2.78 bits per heavy atom. The number of amides is 2. The van der Waals surface area contributed by atoms with Gasteiger partial charge in [0, 0.05) is 25.1 Å². The molecule has 1 saturated carbocycles. The third kappa shape index (κ3) is 3.89. The number of carbonyl (C=O) groups is 2. The van der Waals surface area contributed by atoms with Gasteiger partial charge in [0.25, 0.3) is 0 Å². The fraction of sp³-hybridized carbons (Fsp3) is 0.529. The summed E-state index contributed by atoms with van der Waals surface area (Å²) in [5.41, 5.74) is 1.62. The molecule has 124 valence electrons. The van der Waals surface area contributed by atoms with Crippen LogP contribution in [0, 0.1) is 6.92 Å². The van der Waals surface area contributed by atoms with Gasteiger partial charge in [-0.1, -0.05) is 12.1 Å². The van der Waals surface area contributed by atoms with E-state index in [1.165, 1.54) is 0 Å². The summed E-state index contributed by atoms with van der Waals surface area (Å²) < 4.78 is 11.6. The number of benzene rings is 1. The summed E-state index contributed by atoms with van der Waals surface area (Å²) >= 11 is 0. The highest BCUT2D eigenvalue weighted by atomic mass is 16.7. The number of hydrogen-bond donors (Lipinski definition) is 2. The SMILES string of the molecule is Cc1cccc(NC(=O)C(=O)NC[C@H]2COC3(CCCC3)O2)c1. The number of anilines is 1. The highest BCUT2D eigenvalue weighted by molar-refractivity contribution is 6.39. The molecule has 2 N–H and O–H groups in total. The molecule has 1 spiro atoms. The van der Waals surface area contributed by atoms with Crippen molar-refractivity contribution in [1.29, 1.82) is 0 Å². The highest BCUT2D eigenvalue weighted by Gasteiger charge is 2.43. The van der Waals surface area contributed by atoms with E-state index in [9.17, 15) is 9.59 Å². The second-order valence-electron chi connectivity index (χ2n) is 6.20. The van der Waals surface area contributed by atoms with E-state index in [0.717, 1.165) is 31.2 Å². The lowest BCUT2D eigenvalue weighted by Crippen LogP contribution is -2.40. The van der Waals surface area contributed by atoms with Gasteiger partial charge in [-0.15, -0.1) is 0 Å². The van der Waals surface area contributed by atoms with Crippen LogP contribution in [0.5, 0.6) is 0 Å². The van der Waals surface area contributed by atoms with Crippen LogP contribution in [-0.4, -0.2) is 36.9 Å². The van der Waals surface area contributed by atoms with Gasteiger partial charge < -0.3 is 20.1 Å². The minimum Gasteiger partial charge on any atom is -0.347 e. The standard InChI is InChI=1S/C17H22N2O4/c1-12-5-4-6-13(9-12)19-16(21)15(20)18-10-14-11-22-17(23-14)7-2-3-8-17/h4-6,9,14H,2-3,7-8,10-11H2,1H3,(H,18,20)(H,19,21)/t14-/m0/s1. The molecule has 2 aliphatic rings. The molecule has 1 aromatic rings. The highest BCUT2D eigenvalue weighted by Crippen LogP contribution is 2.38. The normalized spacial score (nSPS) is 22.2. The van der Waals surface area contributed by atoms with Crippen molar-refractivity contribution in [2.24, 2.45) is 0 Å². The second kappa shape index (κ2) is 6.68. The first-order valence-corrected chi connectivity index (χ1v) is 8.04. The fourth-order valence-corrected chi connectivity index (χ4v) is 3.09. The lowest BCUT2D eigenvalue weighted by atomic mass is 10.2. The Morgan fingerprint density at radius 2 is 2.04 bits per heavy atom. The summed E-state index contributed by atoms with van der Waals surface area (Å²) in [6.07, 6.45) is 3.84. The molecule has 2 amide bonds. The Balaban J connectivity index is 1.45. The molecular weight excluding hydrogens is 296 g/mol. The Bertz CT molecular complexity index is 596. The van der Waals surface area contributed by atoms with Crippen molar-refractivity contribution in [3.05, 3.63) is 29.8 Å². The van der Waals surface area contributed by atoms with Crippen LogP contribution in [0.2, 0.25) is 0 Å². The monoisotopic (exact) mass is 318 g/mol. The van der Waals surface area contributed by atoms with Crippen LogP contribution in [0.15, 0.2) is 24.3 Å².